The number of fused-ring (bicyclic) bond motifs is 2. The van der Waals surface area contributed by atoms with E-state index in [0.29, 0.717) is 88.4 Å². The van der Waals surface area contributed by atoms with Crippen LogP contribution in [0.5, 0.6) is 11.5 Å². The summed E-state index contributed by atoms with van der Waals surface area (Å²) in [5, 5.41) is 46.8. The van der Waals surface area contributed by atoms with Gasteiger partial charge in [0.2, 0.25) is 23.6 Å². The zero-order valence-corrected chi connectivity index (χ0v) is 47.7. The van der Waals surface area contributed by atoms with Gasteiger partial charge in [0.1, 0.15) is 23.9 Å². The second-order valence-corrected chi connectivity index (χ2v) is 22.6. The van der Waals surface area contributed by atoms with Crippen molar-refractivity contribution in [3.8, 4) is 34.6 Å². The van der Waals surface area contributed by atoms with Crippen LogP contribution in [0.3, 0.4) is 0 Å². The number of nitriles is 1. The molecule has 2 aromatic heterocycles. The van der Waals surface area contributed by atoms with Crippen molar-refractivity contribution in [3.05, 3.63) is 142 Å². The molecule has 2 saturated heterocycles. The molecule has 10 rings (SSSR count). The van der Waals surface area contributed by atoms with Gasteiger partial charge in [-0.05, 0) is 96.5 Å². The third-order valence-corrected chi connectivity index (χ3v) is 16.2. The quantitative estimate of drug-likeness (QED) is 0.0631. The largest absolute Gasteiger partial charge is 0.508 e. The van der Waals surface area contributed by atoms with Crippen LogP contribution < -0.4 is 20.4 Å². The Morgan fingerprint density at radius 3 is 2.24 bits per heavy atom. The highest BCUT2D eigenvalue weighted by atomic mass is 19.4. The topological polar surface area (TPSA) is 212 Å². The van der Waals surface area contributed by atoms with Gasteiger partial charge in [-0.15, -0.1) is 10.2 Å². The minimum Gasteiger partial charge on any atom is -0.508 e. The molecular weight excluding hydrogens is 1080 g/mol. The van der Waals surface area contributed by atoms with Crippen molar-refractivity contribution in [2.45, 2.75) is 97.1 Å². The number of nitrogens with one attached hydrogen (secondary N) is 2. The van der Waals surface area contributed by atoms with Crippen molar-refractivity contribution in [2.24, 2.45) is 5.92 Å². The summed E-state index contributed by atoms with van der Waals surface area (Å²) in [6.45, 7) is 9.58. The Labute approximate surface area is 486 Å². The maximum atomic E-state index is 13.7. The van der Waals surface area contributed by atoms with Gasteiger partial charge < -0.3 is 40.4 Å². The first-order valence-corrected chi connectivity index (χ1v) is 28.6. The van der Waals surface area contributed by atoms with E-state index < -0.39 is 24.5 Å². The molecule has 1 unspecified atom stereocenters. The van der Waals surface area contributed by atoms with Crippen LogP contribution in [-0.4, -0.2) is 139 Å². The lowest BCUT2D eigenvalue weighted by Gasteiger charge is -2.42. The van der Waals surface area contributed by atoms with E-state index in [9.17, 15) is 43.0 Å². The summed E-state index contributed by atoms with van der Waals surface area (Å²) in [6.07, 6.45) is -0.687. The minimum absolute atomic E-state index is 0.00651. The summed E-state index contributed by atoms with van der Waals surface area (Å²) in [5.41, 5.74) is 7.44. The van der Waals surface area contributed by atoms with Gasteiger partial charge in [-0.1, -0.05) is 86.6 Å². The van der Waals surface area contributed by atoms with Crippen LogP contribution in [-0.2, 0) is 42.1 Å². The first kappa shape index (κ1) is 58.4. The lowest BCUT2D eigenvalue weighted by Crippen LogP contribution is -2.55. The average Bonchev–Trinajstić information content (AvgIpc) is 2.50. The zero-order chi connectivity index (χ0) is 59.2. The molecule has 5 heterocycles. The third-order valence-electron chi connectivity index (χ3n) is 16.2. The number of halogens is 3. The molecule has 3 aliphatic heterocycles. The molecule has 3 aliphatic rings. The number of carbonyl (C=O) groups excluding carboxylic acids is 3. The molecule has 84 heavy (non-hydrogen) atoms. The van der Waals surface area contributed by atoms with Crippen LogP contribution in [0.1, 0.15) is 96.5 Å². The molecular formula is C63H70F3N13O5. The summed E-state index contributed by atoms with van der Waals surface area (Å²) in [5.74, 6) is -0.378. The molecule has 0 radical (unpaired) electrons. The highest BCUT2D eigenvalue weighted by molar-refractivity contribution is 5.94. The number of anilines is 3. The van der Waals surface area contributed by atoms with Gasteiger partial charge >= 0.3 is 6.18 Å². The number of hydrogen-bond acceptors (Lipinski definition) is 14. The normalized spacial score (nSPS) is 15.8. The molecule has 7 aromatic rings. The summed E-state index contributed by atoms with van der Waals surface area (Å²) < 4.78 is 40.7. The van der Waals surface area contributed by atoms with Gasteiger partial charge in [-0.3, -0.25) is 23.9 Å². The van der Waals surface area contributed by atoms with E-state index in [0.717, 1.165) is 72.2 Å². The smallest absolute Gasteiger partial charge is 0.405 e. The van der Waals surface area contributed by atoms with E-state index in [2.05, 4.69) is 96.9 Å². The van der Waals surface area contributed by atoms with E-state index in [1.807, 2.05) is 49.3 Å². The van der Waals surface area contributed by atoms with Crippen LogP contribution in [0.4, 0.5) is 30.6 Å². The van der Waals surface area contributed by atoms with Gasteiger partial charge in [0.05, 0.1) is 36.3 Å². The van der Waals surface area contributed by atoms with Crippen LogP contribution in [0.25, 0.3) is 27.8 Å². The predicted octanol–water partition coefficient (Wildman–Crippen LogP) is 9.13. The van der Waals surface area contributed by atoms with Gasteiger partial charge in [-0.2, -0.15) is 23.4 Å². The summed E-state index contributed by atoms with van der Waals surface area (Å²) >= 11 is 0. The Balaban J connectivity index is 0.724. The Bertz CT molecular complexity index is 3560. The Kier molecular flexibility index (Phi) is 17.7. The number of hydrogen-bond donors (Lipinski definition) is 4. The number of nitrogens with zero attached hydrogens (tertiary/aromatic N) is 11. The molecule has 0 aliphatic carbocycles. The molecule has 18 nitrogen and oxygen atoms in total. The van der Waals surface area contributed by atoms with Crippen molar-refractivity contribution in [3.63, 3.8) is 0 Å². The molecule has 438 valence electrons. The van der Waals surface area contributed by atoms with Crippen LogP contribution in [0, 0.1) is 17.2 Å². The lowest BCUT2D eigenvalue weighted by atomic mass is 9.90. The van der Waals surface area contributed by atoms with Gasteiger partial charge in [0.25, 0.3) is 5.91 Å². The predicted molar refractivity (Wildman–Crippen MR) is 315 cm³/mol. The van der Waals surface area contributed by atoms with Crippen LogP contribution >= 0.6 is 0 Å². The first-order chi connectivity index (χ1) is 40.4. The highest BCUT2D eigenvalue weighted by Gasteiger charge is 2.34. The van der Waals surface area contributed by atoms with Crippen molar-refractivity contribution in [2.75, 3.05) is 74.5 Å². The summed E-state index contributed by atoms with van der Waals surface area (Å²) in [4.78, 5) is 60.0. The second-order valence-electron chi connectivity index (χ2n) is 22.6. The van der Waals surface area contributed by atoms with E-state index in [1.165, 1.54) is 27.0 Å². The fraction of sp³-hybridized carbons (Fsp3) is 0.397. The number of likely N-dealkylation sites (tertiary alicyclic amines) is 1. The van der Waals surface area contributed by atoms with Crippen molar-refractivity contribution in [1.82, 2.24) is 44.7 Å². The van der Waals surface area contributed by atoms with Crippen molar-refractivity contribution < 1.29 is 37.8 Å². The van der Waals surface area contributed by atoms with E-state index in [4.69, 9.17) is 9.97 Å². The van der Waals surface area contributed by atoms with E-state index in [1.54, 1.807) is 24.0 Å². The monoisotopic (exact) mass is 1150 g/mol. The molecule has 3 amide bonds. The summed E-state index contributed by atoms with van der Waals surface area (Å²) in [7, 11) is 2.00. The number of amides is 3. The fourth-order valence-corrected chi connectivity index (χ4v) is 11.9. The molecule has 5 aromatic carbocycles. The van der Waals surface area contributed by atoms with E-state index >= 15 is 0 Å². The average molecular weight is 1150 g/mol. The van der Waals surface area contributed by atoms with Crippen LogP contribution in [0.15, 0.2) is 103 Å². The number of rotatable bonds is 18. The standard InChI is InChI=1S/C63H70F3N13O5/c1-40(2)51-33-52(56(82)34-55(51)81)59-72-73-60(61(84)69-39-63(64,65)66)79(59)47-18-16-45(17-19-47)36-74(4)35-44-14-12-42(13-15-44)32-43-22-27-75(28-23-43)57(83)21-26-68-62-70-53-38-76(54-11-7-9-46-8-5-6-10-49(46)54)29-24-50(53)58(71-62)77-30-31-78(41(3)80)48(37-77)20-25-67/h5-19,33-34,40,43,48,81-82H,20-24,26-32,35-39H2,1-4H3,(H,69,84)(H,68,70,71). The number of phenols is 2. The van der Waals surface area contributed by atoms with Gasteiger partial charge in [0, 0.05) is 101 Å². The maximum Gasteiger partial charge on any atom is 0.405 e. The zero-order valence-electron chi connectivity index (χ0n) is 47.7. The molecule has 0 spiro atoms. The Morgan fingerprint density at radius 1 is 0.833 bits per heavy atom. The third kappa shape index (κ3) is 13.5. The Hall–Kier alpha value is -8.77. The van der Waals surface area contributed by atoms with Crippen LogP contribution in [0.2, 0.25) is 0 Å². The number of piperazine rings is 1. The second kappa shape index (κ2) is 25.4. The number of aromatic nitrogens is 5. The molecule has 4 N–H and O–H groups in total. The molecule has 2 fully saturated rings. The molecule has 1 atom stereocenters. The molecule has 0 bridgehead atoms. The maximum absolute atomic E-state index is 13.7. The fourth-order valence-electron chi connectivity index (χ4n) is 11.9. The SMILES string of the molecule is CC(=O)N1CCN(c2nc(NCCC(=O)N3CCC(Cc4ccc(CN(C)Cc5ccc(-n6c(C(=O)NCC(F)(F)F)nnc6-c6cc(C(C)C)c(O)cc6O)cc5)cc4)CC3)nc3c2CCN(c2cccc4ccccc24)C3)CC1CC#N. The van der Waals surface area contributed by atoms with Gasteiger partial charge in [-0.25, -0.2) is 4.98 Å². The number of piperidine rings is 1. The Morgan fingerprint density at radius 2 is 1.54 bits per heavy atom. The number of phenolic OH excluding ortho intramolecular Hbond substituents is 2. The van der Waals surface area contributed by atoms with Crippen molar-refractivity contribution in [1.29, 1.82) is 5.26 Å². The molecule has 21 heteroatoms. The number of benzene rings is 5. The number of aromatic hydroxyl groups is 2. The van der Waals surface area contributed by atoms with Crippen molar-refractivity contribution >= 4 is 45.9 Å². The highest BCUT2D eigenvalue weighted by Crippen LogP contribution is 2.39. The minimum atomic E-state index is -4.66. The number of carbonyl (C=O) groups is 3. The first-order valence-electron chi connectivity index (χ1n) is 28.6. The molecule has 0 saturated carbocycles. The number of alkyl halides is 3. The van der Waals surface area contributed by atoms with Gasteiger partial charge in [0.15, 0.2) is 5.82 Å². The summed E-state index contributed by atoms with van der Waals surface area (Å²) in [6, 6.07) is 35.2. The van der Waals surface area contributed by atoms with E-state index in [-0.39, 0.29) is 53.1 Å². The lowest BCUT2D eigenvalue weighted by molar-refractivity contribution is -0.132.